The van der Waals surface area contributed by atoms with Crippen molar-refractivity contribution in [2.75, 3.05) is 6.61 Å². The summed E-state index contributed by atoms with van der Waals surface area (Å²) in [5, 5.41) is 2.50. The molecule has 0 saturated carbocycles. The van der Waals surface area contributed by atoms with Crippen molar-refractivity contribution in [2.45, 2.75) is 32.5 Å². The molecule has 0 spiro atoms. The van der Waals surface area contributed by atoms with Gasteiger partial charge in [-0.05, 0) is 39.0 Å². The maximum Gasteiger partial charge on any atom is 0.417 e. The zero-order valence-electron chi connectivity index (χ0n) is 12.3. The Morgan fingerprint density at radius 2 is 1.91 bits per heavy atom. The largest absolute Gasteiger partial charge is 0.436 e. The standard InChI is InChI=1S/C15H15F4NO2/c1-14(2,3)20-13(21)22-8-4-5-10-6-7-11(16)9-12(10)15(17,18)19/h6-7,9H,8H2,1-3H3,(H,20,21). The molecule has 1 amide bonds. The van der Waals surface area contributed by atoms with Crippen molar-refractivity contribution in [3.63, 3.8) is 0 Å². The van der Waals surface area contributed by atoms with E-state index in [-0.39, 0.29) is 12.2 Å². The van der Waals surface area contributed by atoms with E-state index in [0.717, 1.165) is 12.1 Å². The Bertz CT molecular complexity index is 607. The molecule has 0 atom stereocenters. The Hall–Kier alpha value is -2.23. The molecule has 0 aromatic heterocycles. The van der Waals surface area contributed by atoms with Crippen LogP contribution < -0.4 is 5.32 Å². The highest BCUT2D eigenvalue weighted by atomic mass is 19.4. The fourth-order valence-electron chi connectivity index (χ4n) is 1.44. The monoisotopic (exact) mass is 317 g/mol. The minimum atomic E-state index is -4.71. The van der Waals surface area contributed by atoms with Gasteiger partial charge < -0.3 is 10.1 Å². The zero-order chi connectivity index (χ0) is 17.0. The van der Waals surface area contributed by atoms with Crippen molar-refractivity contribution >= 4 is 6.09 Å². The van der Waals surface area contributed by atoms with E-state index in [0.29, 0.717) is 6.07 Å². The van der Waals surface area contributed by atoms with Crippen molar-refractivity contribution in [3.8, 4) is 11.8 Å². The van der Waals surface area contributed by atoms with E-state index in [1.165, 1.54) is 0 Å². The lowest BCUT2D eigenvalue weighted by molar-refractivity contribution is -0.137. The summed E-state index contributed by atoms with van der Waals surface area (Å²) in [5.41, 5.74) is -2.04. The fourth-order valence-corrected chi connectivity index (χ4v) is 1.44. The quantitative estimate of drug-likeness (QED) is 0.633. The third-order valence-electron chi connectivity index (χ3n) is 2.26. The predicted octanol–water partition coefficient (Wildman–Crippen LogP) is 3.72. The molecule has 0 aliphatic rings. The Morgan fingerprint density at radius 1 is 1.27 bits per heavy atom. The van der Waals surface area contributed by atoms with Crippen LogP contribution in [0.25, 0.3) is 0 Å². The molecule has 3 nitrogen and oxygen atoms in total. The Labute approximate surface area is 125 Å². The van der Waals surface area contributed by atoms with Gasteiger partial charge in [-0.2, -0.15) is 13.2 Å². The SMILES string of the molecule is CC(C)(C)NC(=O)OCC#Cc1ccc(F)cc1C(F)(F)F. The summed E-state index contributed by atoms with van der Waals surface area (Å²) in [7, 11) is 0. The maximum atomic E-state index is 12.9. The van der Waals surface area contributed by atoms with E-state index in [1.807, 2.05) is 0 Å². The van der Waals surface area contributed by atoms with Crippen LogP contribution in [0.4, 0.5) is 22.4 Å². The first-order valence-electron chi connectivity index (χ1n) is 6.29. The van der Waals surface area contributed by atoms with Crippen LogP contribution in [0.15, 0.2) is 18.2 Å². The second-order valence-corrected chi connectivity index (χ2v) is 5.44. The van der Waals surface area contributed by atoms with Gasteiger partial charge in [0.1, 0.15) is 5.82 Å². The number of rotatable bonds is 1. The summed E-state index contributed by atoms with van der Waals surface area (Å²) in [4.78, 5) is 11.3. The van der Waals surface area contributed by atoms with Gasteiger partial charge in [-0.25, -0.2) is 9.18 Å². The predicted molar refractivity (Wildman–Crippen MR) is 72.5 cm³/mol. The number of amides is 1. The van der Waals surface area contributed by atoms with Crippen LogP contribution in [0.1, 0.15) is 31.9 Å². The van der Waals surface area contributed by atoms with E-state index in [4.69, 9.17) is 4.74 Å². The number of hydrogen-bond donors (Lipinski definition) is 1. The van der Waals surface area contributed by atoms with Gasteiger partial charge in [-0.3, -0.25) is 0 Å². The number of ether oxygens (including phenoxy) is 1. The topological polar surface area (TPSA) is 38.3 Å². The van der Waals surface area contributed by atoms with Gasteiger partial charge in [0.2, 0.25) is 0 Å². The van der Waals surface area contributed by atoms with Crippen LogP contribution in [-0.2, 0) is 10.9 Å². The summed E-state index contributed by atoms with van der Waals surface area (Å²) >= 11 is 0. The lowest BCUT2D eigenvalue weighted by Gasteiger charge is -2.19. The number of alkyl carbamates (subject to hydrolysis) is 1. The number of nitrogens with one attached hydrogen (secondary N) is 1. The Morgan fingerprint density at radius 3 is 2.45 bits per heavy atom. The molecule has 0 saturated heterocycles. The highest BCUT2D eigenvalue weighted by Crippen LogP contribution is 2.32. The second-order valence-electron chi connectivity index (χ2n) is 5.44. The Balaban J connectivity index is 2.76. The molecule has 1 aromatic rings. The van der Waals surface area contributed by atoms with Gasteiger partial charge in [-0.15, -0.1) is 0 Å². The van der Waals surface area contributed by atoms with E-state index >= 15 is 0 Å². The summed E-state index contributed by atoms with van der Waals surface area (Å²) in [5.74, 6) is 3.52. The van der Waals surface area contributed by atoms with E-state index < -0.39 is 29.2 Å². The third kappa shape index (κ3) is 6.04. The summed E-state index contributed by atoms with van der Waals surface area (Å²) in [6, 6.07) is 2.18. The highest BCUT2D eigenvalue weighted by molar-refractivity contribution is 5.68. The van der Waals surface area contributed by atoms with Crippen molar-refractivity contribution in [1.82, 2.24) is 5.32 Å². The van der Waals surface area contributed by atoms with Gasteiger partial charge in [0.05, 0.1) is 5.56 Å². The van der Waals surface area contributed by atoms with Crippen LogP contribution in [0.2, 0.25) is 0 Å². The molecule has 1 rings (SSSR count). The van der Waals surface area contributed by atoms with Crippen LogP contribution >= 0.6 is 0 Å². The van der Waals surface area contributed by atoms with Gasteiger partial charge in [0.25, 0.3) is 0 Å². The van der Waals surface area contributed by atoms with Crippen molar-refractivity contribution in [1.29, 1.82) is 0 Å². The van der Waals surface area contributed by atoms with Crippen LogP contribution in [0.3, 0.4) is 0 Å². The van der Waals surface area contributed by atoms with E-state index in [2.05, 4.69) is 17.2 Å². The molecule has 0 unspecified atom stereocenters. The van der Waals surface area contributed by atoms with Gasteiger partial charge in [-0.1, -0.05) is 11.8 Å². The molecule has 0 radical (unpaired) electrons. The van der Waals surface area contributed by atoms with Crippen LogP contribution in [0.5, 0.6) is 0 Å². The number of alkyl halides is 3. The minimum Gasteiger partial charge on any atom is -0.436 e. The first-order valence-corrected chi connectivity index (χ1v) is 6.29. The smallest absolute Gasteiger partial charge is 0.417 e. The second kappa shape index (κ2) is 6.69. The minimum absolute atomic E-state index is 0.372. The molecular formula is C15H15F4NO2. The molecule has 22 heavy (non-hydrogen) atoms. The summed E-state index contributed by atoms with van der Waals surface area (Å²) in [6.07, 6.45) is -5.44. The molecule has 1 N–H and O–H groups in total. The molecule has 7 heteroatoms. The number of benzene rings is 1. The molecule has 0 fully saturated rings. The third-order valence-corrected chi connectivity index (χ3v) is 2.26. The summed E-state index contributed by atoms with van der Waals surface area (Å²) < 4.78 is 55.8. The number of halogens is 4. The Kier molecular flexibility index (Phi) is 5.42. The van der Waals surface area contributed by atoms with Gasteiger partial charge >= 0.3 is 12.3 Å². The van der Waals surface area contributed by atoms with Gasteiger partial charge in [0, 0.05) is 11.1 Å². The van der Waals surface area contributed by atoms with Gasteiger partial charge in [0.15, 0.2) is 6.61 Å². The first kappa shape index (κ1) is 17.8. The van der Waals surface area contributed by atoms with E-state index in [9.17, 15) is 22.4 Å². The average molecular weight is 317 g/mol. The maximum absolute atomic E-state index is 12.9. The lowest BCUT2D eigenvalue weighted by atomic mass is 10.1. The fraction of sp³-hybridized carbons (Fsp3) is 0.400. The first-order chi connectivity index (χ1) is 9.99. The molecule has 0 aliphatic heterocycles. The van der Waals surface area contributed by atoms with Crippen molar-refractivity contribution in [2.24, 2.45) is 0 Å². The highest BCUT2D eigenvalue weighted by Gasteiger charge is 2.33. The molecule has 120 valence electrons. The van der Waals surface area contributed by atoms with E-state index in [1.54, 1.807) is 20.8 Å². The van der Waals surface area contributed by atoms with Crippen molar-refractivity contribution in [3.05, 3.63) is 35.1 Å². The molecule has 0 aliphatic carbocycles. The average Bonchev–Trinajstić information content (AvgIpc) is 2.32. The lowest BCUT2D eigenvalue weighted by Crippen LogP contribution is -2.40. The summed E-state index contributed by atoms with van der Waals surface area (Å²) in [6.45, 7) is 4.85. The molecule has 0 heterocycles. The van der Waals surface area contributed by atoms with Crippen LogP contribution in [-0.4, -0.2) is 18.2 Å². The molecule has 0 bridgehead atoms. The van der Waals surface area contributed by atoms with Crippen LogP contribution in [0, 0.1) is 17.7 Å². The normalized spacial score (nSPS) is 11.4. The number of carbonyl (C=O) groups excluding carboxylic acids is 1. The zero-order valence-corrected chi connectivity index (χ0v) is 12.3. The molecular weight excluding hydrogens is 302 g/mol. The number of hydrogen-bond acceptors (Lipinski definition) is 2. The van der Waals surface area contributed by atoms with Crippen molar-refractivity contribution < 1.29 is 27.1 Å². The number of carbonyl (C=O) groups is 1. The molecule has 1 aromatic carbocycles.